The summed E-state index contributed by atoms with van der Waals surface area (Å²) in [6.45, 7) is 4.60. The van der Waals surface area contributed by atoms with Crippen LogP contribution in [0, 0.1) is 6.92 Å². The van der Waals surface area contributed by atoms with Crippen molar-refractivity contribution in [3.05, 3.63) is 53.6 Å². The average molecular weight is 495 g/mol. The number of nitrogens with zero attached hydrogens (tertiary/aromatic N) is 1. The zero-order valence-electron chi connectivity index (χ0n) is 18.7. The Balaban J connectivity index is 1.63. The van der Waals surface area contributed by atoms with Crippen LogP contribution in [0.15, 0.2) is 52.3 Å². The molecule has 9 nitrogen and oxygen atoms in total. The number of benzene rings is 2. The summed E-state index contributed by atoms with van der Waals surface area (Å²) in [5, 5.41) is 10.9. The third-order valence-corrected chi connectivity index (χ3v) is 8.65. The van der Waals surface area contributed by atoms with Crippen LogP contribution >= 0.6 is 0 Å². The summed E-state index contributed by atoms with van der Waals surface area (Å²) >= 11 is 0. The number of rotatable bonds is 8. The molecule has 1 amide bonds. The molecule has 4 N–H and O–H groups in total. The van der Waals surface area contributed by atoms with Crippen molar-refractivity contribution < 1.29 is 21.6 Å². The Morgan fingerprint density at radius 3 is 2.27 bits per heavy atom. The van der Waals surface area contributed by atoms with Gasteiger partial charge >= 0.3 is 0 Å². The van der Waals surface area contributed by atoms with Crippen molar-refractivity contribution in [2.24, 2.45) is 5.14 Å². The Kier molecular flexibility index (Phi) is 7.91. The number of carbonyl (C=O) groups is 1. The maximum absolute atomic E-state index is 13.1. The molecule has 33 heavy (non-hydrogen) atoms. The highest BCUT2D eigenvalue weighted by atomic mass is 32.2. The van der Waals surface area contributed by atoms with Crippen molar-refractivity contribution >= 4 is 31.6 Å². The van der Waals surface area contributed by atoms with Crippen molar-refractivity contribution in [3.63, 3.8) is 0 Å². The van der Waals surface area contributed by atoms with Gasteiger partial charge in [0.15, 0.2) is 0 Å². The number of primary sulfonamides is 1. The van der Waals surface area contributed by atoms with Gasteiger partial charge in [-0.15, -0.1) is 0 Å². The van der Waals surface area contributed by atoms with Crippen LogP contribution in [0.2, 0.25) is 0 Å². The number of nitrogens with two attached hydrogens (primary N) is 1. The molecule has 1 aliphatic heterocycles. The van der Waals surface area contributed by atoms with E-state index in [1.165, 1.54) is 22.5 Å². The molecule has 0 bridgehead atoms. The lowest BCUT2D eigenvalue weighted by atomic mass is 10.1. The van der Waals surface area contributed by atoms with E-state index in [4.69, 9.17) is 5.14 Å². The fourth-order valence-electron chi connectivity index (χ4n) is 3.72. The number of nitrogens with one attached hydrogen (secondary N) is 2. The number of anilines is 1. The molecule has 11 heteroatoms. The molecule has 1 saturated heterocycles. The molecule has 0 saturated carbocycles. The third kappa shape index (κ3) is 6.39. The number of hydrogen-bond donors (Lipinski definition) is 3. The van der Waals surface area contributed by atoms with Crippen LogP contribution in [-0.4, -0.2) is 46.7 Å². The van der Waals surface area contributed by atoms with Crippen LogP contribution in [0.25, 0.3) is 0 Å². The van der Waals surface area contributed by atoms with E-state index < -0.39 is 20.0 Å². The fourth-order valence-corrected chi connectivity index (χ4v) is 6.00. The van der Waals surface area contributed by atoms with E-state index in [2.05, 4.69) is 10.6 Å². The molecule has 1 atom stereocenters. The van der Waals surface area contributed by atoms with Gasteiger partial charge in [-0.2, -0.15) is 4.31 Å². The zero-order chi connectivity index (χ0) is 24.2. The quantitative estimate of drug-likeness (QED) is 0.514. The summed E-state index contributed by atoms with van der Waals surface area (Å²) in [4.78, 5) is 12.7. The van der Waals surface area contributed by atoms with Gasteiger partial charge in [0.1, 0.15) is 0 Å². The minimum Gasteiger partial charge on any atom is -0.325 e. The highest BCUT2D eigenvalue weighted by Gasteiger charge is 2.27. The summed E-state index contributed by atoms with van der Waals surface area (Å²) < 4.78 is 50.4. The predicted molar refractivity (Wildman–Crippen MR) is 127 cm³/mol. The number of carbonyl (C=O) groups excluding carboxylic acids is 1. The molecule has 180 valence electrons. The van der Waals surface area contributed by atoms with Crippen LogP contribution in [-0.2, 0) is 24.8 Å². The minimum absolute atomic E-state index is 0.0137. The molecule has 1 heterocycles. The van der Waals surface area contributed by atoms with E-state index in [1.54, 1.807) is 31.2 Å². The second-order valence-electron chi connectivity index (χ2n) is 8.21. The monoisotopic (exact) mass is 494 g/mol. The van der Waals surface area contributed by atoms with E-state index in [-0.39, 0.29) is 28.3 Å². The SMILES string of the molecule is Cc1ccc(NC(=O)CN[C@H](C)c2ccc(S(N)(=O)=O)cc2)cc1S(=O)(=O)N1CCCCC1. The van der Waals surface area contributed by atoms with Gasteiger partial charge in [-0.1, -0.05) is 24.6 Å². The first-order valence-electron chi connectivity index (χ1n) is 10.8. The van der Waals surface area contributed by atoms with Crippen molar-refractivity contribution in [1.29, 1.82) is 0 Å². The van der Waals surface area contributed by atoms with Crippen LogP contribution in [0.3, 0.4) is 0 Å². The van der Waals surface area contributed by atoms with E-state index in [9.17, 15) is 21.6 Å². The Hall–Kier alpha value is -2.31. The van der Waals surface area contributed by atoms with Gasteiger partial charge in [0.2, 0.25) is 26.0 Å². The first-order valence-corrected chi connectivity index (χ1v) is 13.7. The summed E-state index contributed by atoms with van der Waals surface area (Å²) in [6, 6.07) is 10.7. The second-order valence-corrected chi connectivity index (χ2v) is 11.7. The van der Waals surface area contributed by atoms with Crippen LogP contribution < -0.4 is 15.8 Å². The lowest BCUT2D eigenvalue weighted by Gasteiger charge is -2.26. The zero-order valence-corrected chi connectivity index (χ0v) is 20.4. The molecule has 0 spiro atoms. The van der Waals surface area contributed by atoms with Gasteiger partial charge in [-0.05, 0) is 62.1 Å². The van der Waals surface area contributed by atoms with E-state index in [1.807, 2.05) is 6.92 Å². The Morgan fingerprint density at radius 1 is 1.03 bits per heavy atom. The molecule has 1 fully saturated rings. The number of hydrogen-bond acceptors (Lipinski definition) is 6. The molecule has 0 radical (unpaired) electrons. The third-order valence-electron chi connectivity index (χ3n) is 5.68. The van der Waals surface area contributed by atoms with Crippen LogP contribution in [0.4, 0.5) is 5.69 Å². The van der Waals surface area contributed by atoms with E-state index in [0.29, 0.717) is 24.3 Å². The molecule has 0 aromatic heterocycles. The van der Waals surface area contributed by atoms with Crippen LogP contribution in [0.1, 0.15) is 43.4 Å². The number of aryl methyl sites for hydroxylation is 1. The summed E-state index contributed by atoms with van der Waals surface area (Å²) in [5.41, 5.74) is 1.84. The summed E-state index contributed by atoms with van der Waals surface area (Å²) in [5.74, 6) is -0.326. The smallest absolute Gasteiger partial charge is 0.243 e. The topological polar surface area (TPSA) is 139 Å². The van der Waals surface area contributed by atoms with Crippen molar-refractivity contribution in [2.45, 2.75) is 48.9 Å². The number of amides is 1. The van der Waals surface area contributed by atoms with Crippen molar-refractivity contribution in [2.75, 3.05) is 25.0 Å². The first kappa shape index (κ1) is 25.3. The summed E-state index contributed by atoms with van der Waals surface area (Å²) in [6.07, 6.45) is 2.73. The standard InChI is InChI=1S/C22H30N4O5S2/c1-16-6-9-19(14-21(16)33(30,31)26-12-4-3-5-13-26)25-22(27)15-24-17(2)18-7-10-20(11-8-18)32(23,28)29/h6-11,14,17,24H,3-5,12-13,15H2,1-2H3,(H,25,27)(H2,23,28,29)/t17-/m1/s1. The van der Waals surface area contributed by atoms with Gasteiger partial charge in [-0.3, -0.25) is 4.79 Å². The van der Waals surface area contributed by atoms with Crippen molar-refractivity contribution in [1.82, 2.24) is 9.62 Å². The largest absolute Gasteiger partial charge is 0.325 e. The Bertz CT molecular complexity index is 1210. The van der Waals surface area contributed by atoms with E-state index >= 15 is 0 Å². The minimum atomic E-state index is -3.76. The van der Waals surface area contributed by atoms with Gasteiger partial charge < -0.3 is 10.6 Å². The lowest BCUT2D eigenvalue weighted by Crippen LogP contribution is -2.36. The van der Waals surface area contributed by atoms with Gasteiger partial charge in [-0.25, -0.2) is 22.0 Å². The van der Waals surface area contributed by atoms with Gasteiger partial charge in [0.25, 0.3) is 0 Å². The Labute approximate surface area is 195 Å². The van der Waals surface area contributed by atoms with Crippen LogP contribution in [0.5, 0.6) is 0 Å². The summed E-state index contributed by atoms with van der Waals surface area (Å²) in [7, 11) is -7.37. The number of sulfonamides is 2. The number of piperidine rings is 1. The van der Waals surface area contributed by atoms with Crippen molar-refractivity contribution in [3.8, 4) is 0 Å². The molecular formula is C22H30N4O5S2. The fraction of sp³-hybridized carbons (Fsp3) is 0.409. The lowest BCUT2D eigenvalue weighted by molar-refractivity contribution is -0.115. The maximum atomic E-state index is 13.1. The predicted octanol–water partition coefficient (Wildman–Crippen LogP) is 2.11. The molecule has 0 aliphatic carbocycles. The second kappa shape index (κ2) is 10.3. The average Bonchev–Trinajstić information content (AvgIpc) is 2.78. The molecule has 2 aromatic carbocycles. The molecular weight excluding hydrogens is 464 g/mol. The molecule has 1 aliphatic rings. The normalized spacial score (nSPS) is 16.3. The molecule has 2 aromatic rings. The highest BCUT2D eigenvalue weighted by molar-refractivity contribution is 7.89. The highest BCUT2D eigenvalue weighted by Crippen LogP contribution is 2.26. The Morgan fingerprint density at radius 2 is 1.67 bits per heavy atom. The molecule has 3 rings (SSSR count). The molecule has 0 unspecified atom stereocenters. The van der Waals surface area contributed by atoms with Gasteiger partial charge in [0.05, 0.1) is 16.3 Å². The van der Waals surface area contributed by atoms with E-state index in [0.717, 1.165) is 24.8 Å². The first-order chi connectivity index (χ1) is 15.5. The van der Waals surface area contributed by atoms with Gasteiger partial charge in [0, 0.05) is 24.8 Å². The maximum Gasteiger partial charge on any atom is 0.243 e.